The standard InChI is InChI=1S/C19H29N11O4S/c1-9(22-28-17(33)13-5-7-15(31)26-24-13)11(3)30(19(35)21-20)12(4)10(2)23-29-18(34)14-6-8-16(32)27-25-14/h11-12H,5-8,20H2,1-4H3,(H,21,35)(H,26,31)(H,27,32)(H,28,33)(H,29,34). The molecule has 2 aliphatic rings. The number of hydrazine groups is 1. The third-order valence-electron chi connectivity index (χ3n) is 5.40. The summed E-state index contributed by atoms with van der Waals surface area (Å²) < 4.78 is 0. The smallest absolute Gasteiger partial charge is 0.287 e. The topological polar surface area (TPSA) is 207 Å². The molecule has 4 amide bonds. The maximum atomic E-state index is 12.3. The Morgan fingerprint density at radius 3 is 1.63 bits per heavy atom. The highest BCUT2D eigenvalue weighted by atomic mass is 32.1. The van der Waals surface area contributed by atoms with E-state index in [9.17, 15) is 19.2 Å². The Bertz CT molecular complexity index is 948. The summed E-state index contributed by atoms with van der Waals surface area (Å²) >= 11 is 5.35. The van der Waals surface area contributed by atoms with Gasteiger partial charge in [-0.05, 0) is 39.9 Å². The molecule has 0 radical (unpaired) electrons. The van der Waals surface area contributed by atoms with Crippen LogP contribution < -0.4 is 33.0 Å². The van der Waals surface area contributed by atoms with Crippen molar-refractivity contribution in [3.8, 4) is 0 Å². The molecule has 2 heterocycles. The van der Waals surface area contributed by atoms with Gasteiger partial charge in [-0.15, -0.1) is 0 Å². The Hall–Kier alpha value is -3.79. The van der Waals surface area contributed by atoms with Crippen molar-refractivity contribution in [2.45, 2.75) is 65.5 Å². The van der Waals surface area contributed by atoms with E-state index in [1.54, 1.807) is 32.6 Å². The van der Waals surface area contributed by atoms with Crippen LogP contribution in [-0.4, -0.2) is 68.6 Å². The van der Waals surface area contributed by atoms with E-state index in [0.29, 0.717) is 11.4 Å². The fraction of sp³-hybridized carbons (Fsp3) is 0.526. The minimum absolute atomic E-state index is 0.166. The van der Waals surface area contributed by atoms with Gasteiger partial charge < -0.3 is 10.3 Å². The molecule has 0 aromatic heterocycles. The van der Waals surface area contributed by atoms with E-state index in [2.05, 4.69) is 47.5 Å². The lowest BCUT2D eigenvalue weighted by Crippen LogP contribution is -2.55. The second kappa shape index (κ2) is 12.6. The summed E-state index contributed by atoms with van der Waals surface area (Å²) in [6, 6.07) is -0.888. The molecule has 15 nitrogen and oxygen atoms in total. The first kappa shape index (κ1) is 27.5. The van der Waals surface area contributed by atoms with Crippen LogP contribution in [0.25, 0.3) is 0 Å². The van der Waals surface area contributed by atoms with E-state index in [1.165, 1.54) is 0 Å². The van der Waals surface area contributed by atoms with Crippen molar-refractivity contribution in [1.29, 1.82) is 0 Å². The zero-order chi connectivity index (χ0) is 26.1. The van der Waals surface area contributed by atoms with Crippen LogP contribution in [0.3, 0.4) is 0 Å². The zero-order valence-corrected chi connectivity index (χ0v) is 20.7. The van der Waals surface area contributed by atoms with Gasteiger partial charge in [-0.1, -0.05) is 0 Å². The Balaban J connectivity index is 2.08. The lowest BCUT2D eigenvalue weighted by atomic mass is 10.1. The van der Waals surface area contributed by atoms with E-state index in [4.69, 9.17) is 18.1 Å². The molecule has 2 rings (SSSR count). The van der Waals surface area contributed by atoms with Crippen LogP contribution in [0.2, 0.25) is 0 Å². The predicted molar refractivity (Wildman–Crippen MR) is 133 cm³/mol. The van der Waals surface area contributed by atoms with Crippen LogP contribution in [0, 0.1) is 0 Å². The van der Waals surface area contributed by atoms with Crippen molar-refractivity contribution in [3.63, 3.8) is 0 Å². The molecule has 190 valence electrons. The highest BCUT2D eigenvalue weighted by molar-refractivity contribution is 7.80. The van der Waals surface area contributed by atoms with Gasteiger partial charge in [0.1, 0.15) is 11.4 Å². The lowest BCUT2D eigenvalue weighted by molar-refractivity contribution is -0.122. The first-order valence-corrected chi connectivity index (χ1v) is 11.1. The Morgan fingerprint density at radius 1 is 0.914 bits per heavy atom. The Labute approximate surface area is 207 Å². The molecule has 0 aromatic rings. The van der Waals surface area contributed by atoms with Gasteiger partial charge >= 0.3 is 0 Å². The van der Waals surface area contributed by atoms with Crippen molar-refractivity contribution < 1.29 is 19.2 Å². The maximum Gasteiger partial charge on any atom is 0.287 e. The number of hydrogen-bond donors (Lipinski definition) is 6. The third kappa shape index (κ3) is 7.61. The minimum atomic E-state index is -0.530. The number of nitrogens with two attached hydrogens (primary N) is 1. The molecule has 0 aliphatic carbocycles. The van der Waals surface area contributed by atoms with Gasteiger partial charge in [0.15, 0.2) is 5.11 Å². The molecule has 0 saturated heterocycles. The van der Waals surface area contributed by atoms with E-state index in [-0.39, 0.29) is 54.0 Å². The van der Waals surface area contributed by atoms with Gasteiger partial charge in [0.25, 0.3) is 11.8 Å². The summed E-state index contributed by atoms with van der Waals surface area (Å²) in [4.78, 5) is 48.6. The summed E-state index contributed by atoms with van der Waals surface area (Å²) in [6.07, 6.45) is 0.771. The molecule has 0 bridgehead atoms. The first-order valence-electron chi connectivity index (χ1n) is 10.7. The molecule has 0 saturated carbocycles. The van der Waals surface area contributed by atoms with Crippen LogP contribution in [0.15, 0.2) is 20.4 Å². The summed E-state index contributed by atoms with van der Waals surface area (Å²) in [5, 5.41) is 15.9. The van der Waals surface area contributed by atoms with E-state index >= 15 is 0 Å². The number of amides is 4. The van der Waals surface area contributed by atoms with Gasteiger partial charge in [-0.3, -0.25) is 19.2 Å². The number of thiocarbonyl (C=S) groups is 1. The van der Waals surface area contributed by atoms with E-state index < -0.39 is 23.9 Å². The fourth-order valence-electron chi connectivity index (χ4n) is 3.03. The third-order valence-corrected chi connectivity index (χ3v) is 5.73. The van der Waals surface area contributed by atoms with Gasteiger partial charge in [-0.2, -0.15) is 20.4 Å². The van der Waals surface area contributed by atoms with Crippen molar-refractivity contribution in [2.24, 2.45) is 26.2 Å². The average molecular weight is 508 g/mol. The van der Waals surface area contributed by atoms with Gasteiger partial charge in [-0.25, -0.2) is 27.5 Å². The van der Waals surface area contributed by atoms with Crippen molar-refractivity contribution >= 4 is 63.8 Å². The molecule has 7 N–H and O–H groups in total. The van der Waals surface area contributed by atoms with E-state index in [1.807, 2.05) is 0 Å². The summed E-state index contributed by atoms with van der Waals surface area (Å²) in [5.41, 5.74) is 13.1. The predicted octanol–water partition coefficient (Wildman–Crippen LogP) is -1.67. The number of hydrazone groups is 4. The Kier molecular flexibility index (Phi) is 9.89. The van der Waals surface area contributed by atoms with Crippen LogP contribution in [0.1, 0.15) is 53.4 Å². The molecule has 0 spiro atoms. The largest absolute Gasteiger partial charge is 0.332 e. The molecule has 0 aromatic carbocycles. The highest BCUT2D eigenvalue weighted by Crippen LogP contribution is 2.11. The van der Waals surface area contributed by atoms with E-state index in [0.717, 1.165) is 0 Å². The van der Waals surface area contributed by atoms with Crippen molar-refractivity contribution in [1.82, 2.24) is 32.0 Å². The monoisotopic (exact) mass is 507 g/mol. The second-order valence-corrected chi connectivity index (χ2v) is 8.17. The SMILES string of the molecule is CC(=NNC(=O)C1=NNC(=O)CC1)C(C)N(C(=S)NN)C(C)C(C)=NNC(=O)C1=NNC(=O)CC1. The van der Waals surface area contributed by atoms with Crippen molar-refractivity contribution in [3.05, 3.63) is 0 Å². The van der Waals surface area contributed by atoms with Gasteiger partial charge in [0.2, 0.25) is 11.8 Å². The first-order chi connectivity index (χ1) is 16.5. The highest BCUT2D eigenvalue weighted by Gasteiger charge is 2.27. The summed E-state index contributed by atoms with van der Waals surface area (Å²) in [7, 11) is 0. The zero-order valence-electron chi connectivity index (χ0n) is 19.8. The minimum Gasteiger partial charge on any atom is -0.332 e. The molecule has 2 unspecified atom stereocenters. The van der Waals surface area contributed by atoms with Crippen LogP contribution >= 0.6 is 12.2 Å². The summed E-state index contributed by atoms with van der Waals surface area (Å²) in [5.74, 6) is 3.99. The van der Waals surface area contributed by atoms with Gasteiger partial charge in [0.05, 0.1) is 23.5 Å². The number of nitrogens with zero attached hydrogens (tertiary/aromatic N) is 5. The molecule has 16 heteroatoms. The van der Waals surface area contributed by atoms with Crippen molar-refractivity contribution in [2.75, 3.05) is 0 Å². The maximum absolute atomic E-state index is 12.3. The number of carbonyl (C=O) groups excluding carboxylic acids is 4. The number of nitrogens with one attached hydrogen (secondary N) is 5. The molecule has 2 aliphatic heterocycles. The molecule has 2 atom stereocenters. The molecule has 0 fully saturated rings. The summed E-state index contributed by atoms with van der Waals surface area (Å²) in [6.45, 7) is 6.99. The fourth-order valence-corrected chi connectivity index (χ4v) is 3.35. The Morgan fingerprint density at radius 2 is 1.31 bits per heavy atom. The second-order valence-electron chi connectivity index (χ2n) is 7.78. The van der Waals surface area contributed by atoms with Gasteiger partial charge in [0, 0.05) is 25.7 Å². The van der Waals surface area contributed by atoms with Crippen LogP contribution in [0.5, 0.6) is 0 Å². The quantitative estimate of drug-likeness (QED) is 0.0966. The number of carbonyl (C=O) groups is 4. The number of hydrogen-bond acceptors (Lipinski definition) is 10. The lowest BCUT2D eigenvalue weighted by Gasteiger charge is -2.36. The van der Waals surface area contributed by atoms with Crippen LogP contribution in [0.4, 0.5) is 0 Å². The molecular formula is C19H29N11O4S. The number of rotatable bonds is 8. The molecular weight excluding hydrogens is 478 g/mol. The average Bonchev–Trinajstić information content (AvgIpc) is 2.85. The normalized spacial score (nSPS) is 18.2. The molecule has 35 heavy (non-hydrogen) atoms. The van der Waals surface area contributed by atoms with Crippen LogP contribution in [-0.2, 0) is 19.2 Å².